The minimum atomic E-state index is -1.69. The standard InChI is InChI=1S/C23H27ClO6/c1-12(25)30-11-19(28)23(29)7-5-15-14-9-17(24)16-8-13(26)4-6-21(16,2)20(14)18(27)10-22(15,23)3/h4,6,8-9,14-15,18,20,27,29H,5,7,10-11H2,1-3H3/t14?,15?,18-,20?,21-,22-,23-/m0/s1. The summed E-state index contributed by atoms with van der Waals surface area (Å²) in [5.74, 6) is -1.72. The van der Waals surface area contributed by atoms with Gasteiger partial charge in [-0.3, -0.25) is 14.4 Å². The Balaban J connectivity index is 1.74. The molecule has 0 aromatic carbocycles. The van der Waals surface area contributed by atoms with Gasteiger partial charge in [0.05, 0.1) is 6.10 Å². The number of halogens is 1. The topological polar surface area (TPSA) is 101 Å². The highest BCUT2D eigenvalue weighted by molar-refractivity contribution is 6.32. The highest BCUT2D eigenvalue weighted by Crippen LogP contribution is 2.66. The molecule has 0 spiro atoms. The van der Waals surface area contributed by atoms with Gasteiger partial charge in [-0.25, -0.2) is 0 Å². The van der Waals surface area contributed by atoms with Crippen molar-refractivity contribution in [1.82, 2.24) is 0 Å². The van der Waals surface area contributed by atoms with Crippen LogP contribution in [0.2, 0.25) is 0 Å². The van der Waals surface area contributed by atoms with Gasteiger partial charge in [-0.15, -0.1) is 0 Å². The van der Waals surface area contributed by atoms with Crippen molar-refractivity contribution in [2.24, 2.45) is 28.6 Å². The maximum atomic E-state index is 12.9. The molecule has 7 heteroatoms. The molecular weight excluding hydrogens is 408 g/mol. The highest BCUT2D eigenvalue weighted by Gasteiger charge is 2.68. The van der Waals surface area contributed by atoms with E-state index in [9.17, 15) is 24.6 Å². The van der Waals surface area contributed by atoms with Crippen LogP contribution in [0.15, 0.2) is 34.9 Å². The number of hydrogen-bond donors (Lipinski definition) is 2. The molecule has 0 heterocycles. The van der Waals surface area contributed by atoms with Gasteiger partial charge in [-0.05, 0) is 48.8 Å². The third-order valence-electron chi connectivity index (χ3n) is 8.12. The van der Waals surface area contributed by atoms with Crippen molar-refractivity contribution in [2.75, 3.05) is 6.61 Å². The summed E-state index contributed by atoms with van der Waals surface area (Å²) in [6, 6.07) is 0. The molecule has 162 valence electrons. The van der Waals surface area contributed by atoms with Gasteiger partial charge in [0, 0.05) is 28.7 Å². The Bertz CT molecular complexity index is 919. The maximum absolute atomic E-state index is 12.9. The van der Waals surface area contributed by atoms with Gasteiger partial charge in [-0.1, -0.05) is 37.6 Å². The normalized spacial score (nSPS) is 44.4. The largest absolute Gasteiger partial charge is 0.458 e. The Morgan fingerprint density at radius 3 is 2.70 bits per heavy atom. The fourth-order valence-electron chi connectivity index (χ4n) is 6.61. The number of Topliss-reactive ketones (excluding diaryl/α,β-unsaturated/α-hetero) is 1. The number of carbonyl (C=O) groups excluding carboxylic acids is 3. The smallest absolute Gasteiger partial charge is 0.303 e. The van der Waals surface area contributed by atoms with E-state index in [-0.39, 0.29) is 36.4 Å². The van der Waals surface area contributed by atoms with Gasteiger partial charge in [-0.2, -0.15) is 0 Å². The molecule has 2 fully saturated rings. The van der Waals surface area contributed by atoms with Crippen LogP contribution in [0.25, 0.3) is 0 Å². The van der Waals surface area contributed by atoms with E-state index in [0.717, 1.165) is 0 Å². The van der Waals surface area contributed by atoms with Gasteiger partial charge < -0.3 is 14.9 Å². The number of esters is 1. The predicted octanol–water partition coefficient (Wildman–Crippen LogP) is 2.47. The minimum absolute atomic E-state index is 0.0877. The maximum Gasteiger partial charge on any atom is 0.303 e. The zero-order valence-corrected chi connectivity index (χ0v) is 18.1. The van der Waals surface area contributed by atoms with Crippen LogP contribution in [0.4, 0.5) is 0 Å². The summed E-state index contributed by atoms with van der Waals surface area (Å²) in [6.45, 7) is 4.55. The molecule has 4 aliphatic rings. The summed E-state index contributed by atoms with van der Waals surface area (Å²) in [4.78, 5) is 36.0. The van der Waals surface area contributed by atoms with Crippen molar-refractivity contribution in [1.29, 1.82) is 0 Å². The monoisotopic (exact) mass is 434 g/mol. The summed E-state index contributed by atoms with van der Waals surface area (Å²) in [6.07, 6.45) is 7.02. The predicted molar refractivity (Wildman–Crippen MR) is 109 cm³/mol. The Morgan fingerprint density at radius 2 is 2.03 bits per heavy atom. The van der Waals surface area contributed by atoms with Crippen LogP contribution in [0.1, 0.15) is 40.0 Å². The van der Waals surface area contributed by atoms with Crippen LogP contribution in [0.5, 0.6) is 0 Å². The fraction of sp³-hybridized carbons (Fsp3) is 0.609. The molecule has 3 unspecified atom stereocenters. The lowest BCUT2D eigenvalue weighted by Gasteiger charge is -2.58. The SMILES string of the molecule is CC(=O)OCC(=O)[C@@]1(O)CCC2C3C=C(Cl)C4=CC(=O)C=C[C@]4(C)C3[C@@H](O)C[C@@]21C. The average Bonchev–Trinajstić information content (AvgIpc) is 2.93. The summed E-state index contributed by atoms with van der Waals surface area (Å²) in [7, 11) is 0. The Morgan fingerprint density at radius 1 is 1.33 bits per heavy atom. The van der Waals surface area contributed by atoms with Gasteiger partial charge in [0.2, 0.25) is 5.78 Å². The molecule has 0 aromatic rings. The van der Waals surface area contributed by atoms with Crippen LogP contribution in [-0.2, 0) is 19.1 Å². The number of carbonyl (C=O) groups is 3. The number of rotatable bonds is 3. The summed E-state index contributed by atoms with van der Waals surface area (Å²) in [5.41, 5.74) is -2.47. The zero-order chi connectivity index (χ0) is 22.1. The average molecular weight is 435 g/mol. The second-order valence-corrected chi connectivity index (χ2v) is 10.00. The number of ether oxygens (including phenoxy) is 1. The summed E-state index contributed by atoms with van der Waals surface area (Å²) in [5, 5.41) is 23.2. The lowest BCUT2D eigenvalue weighted by atomic mass is 9.48. The minimum Gasteiger partial charge on any atom is -0.458 e. The van der Waals surface area contributed by atoms with E-state index in [1.807, 2.05) is 26.0 Å². The van der Waals surface area contributed by atoms with Crippen molar-refractivity contribution in [2.45, 2.75) is 51.7 Å². The van der Waals surface area contributed by atoms with Gasteiger partial charge >= 0.3 is 5.97 Å². The van der Waals surface area contributed by atoms with Gasteiger partial charge in [0.15, 0.2) is 12.4 Å². The van der Waals surface area contributed by atoms with Crippen LogP contribution in [0.3, 0.4) is 0 Å². The molecule has 7 atom stereocenters. The van der Waals surface area contributed by atoms with E-state index >= 15 is 0 Å². The van der Waals surface area contributed by atoms with Crippen molar-refractivity contribution >= 4 is 29.1 Å². The molecule has 0 saturated heterocycles. The first-order chi connectivity index (χ1) is 13.9. The molecule has 0 aliphatic heterocycles. The Hall–Kier alpha value is -1.76. The molecule has 30 heavy (non-hydrogen) atoms. The molecule has 6 nitrogen and oxygen atoms in total. The number of hydrogen-bond acceptors (Lipinski definition) is 6. The molecule has 2 saturated carbocycles. The fourth-order valence-corrected chi connectivity index (χ4v) is 7.01. The highest BCUT2D eigenvalue weighted by atomic mass is 35.5. The first-order valence-corrected chi connectivity index (χ1v) is 10.7. The van der Waals surface area contributed by atoms with Crippen molar-refractivity contribution in [3.8, 4) is 0 Å². The van der Waals surface area contributed by atoms with E-state index in [1.54, 1.807) is 0 Å². The third kappa shape index (κ3) is 2.80. The second kappa shape index (κ2) is 6.87. The van der Waals surface area contributed by atoms with E-state index in [4.69, 9.17) is 16.3 Å². The quantitative estimate of drug-likeness (QED) is 0.662. The summed E-state index contributed by atoms with van der Waals surface area (Å²) < 4.78 is 4.86. The molecule has 4 rings (SSSR count). The van der Waals surface area contributed by atoms with E-state index in [1.165, 1.54) is 19.1 Å². The van der Waals surface area contributed by atoms with Gasteiger partial charge in [0.25, 0.3) is 0 Å². The summed E-state index contributed by atoms with van der Waals surface area (Å²) >= 11 is 6.60. The molecule has 2 N–H and O–H groups in total. The first kappa shape index (κ1) is 21.5. The van der Waals surface area contributed by atoms with Crippen molar-refractivity contribution in [3.05, 3.63) is 34.9 Å². The number of ketones is 2. The van der Waals surface area contributed by atoms with Crippen LogP contribution in [-0.4, -0.2) is 46.1 Å². The Kier molecular flexibility index (Phi) is 4.92. The molecule has 0 amide bonds. The molecular formula is C23H27ClO6. The van der Waals surface area contributed by atoms with Crippen LogP contribution in [0, 0.1) is 28.6 Å². The number of allylic oxidation sites excluding steroid dienone is 6. The lowest BCUT2D eigenvalue weighted by molar-refractivity contribution is -0.175. The zero-order valence-electron chi connectivity index (χ0n) is 17.4. The number of aliphatic hydroxyl groups is 2. The van der Waals surface area contributed by atoms with E-state index < -0.39 is 40.9 Å². The van der Waals surface area contributed by atoms with E-state index in [2.05, 4.69) is 0 Å². The van der Waals surface area contributed by atoms with Crippen LogP contribution < -0.4 is 0 Å². The molecule has 0 bridgehead atoms. The molecule has 4 aliphatic carbocycles. The lowest BCUT2D eigenvalue weighted by Crippen LogP contribution is -2.61. The van der Waals surface area contributed by atoms with E-state index in [0.29, 0.717) is 17.0 Å². The third-order valence-corrected chi connectivity index (χ3v) is 8.45. The first-order valence-electron chi connectivity index (χ1n) is 10.3. The number of aliphatic hydroxyl groups excluding tert-OH is 1. The van der Waals surface area contributed by atoms with Crippen molar-refractivity contribution < 1.29 is 29.3 Å². The second-order valence-electron chi connectivity index (χ2n) is 9.59. The molecule has 0 aromatic heterocycles. The van der Waals surface area contributed by atoms with Crippen molar-refractivity contribution in [3.63, 3.8) is 0 Å². The van der Waals surface area contributed by atoms with Gasteiger partial charge in [0.1, 0.15) is 5.60 Å². The number of fused-ring (bicyclic) bond motifs is 5. The molecule has 0 radical (unpaired) electrons. The van der Waals surface area contributed by atoms with Crippen LogP contribution >= 0.6 is 11.6 Å². The Labute approximate surface area is 180 Å².